The van der Waals surface area contributed by atoms with Crippen molar-refractivity contribution < 1.29 is 27.8 Å². The number of hydrogen-bond acceptors (Lipinski definition) is 3. The van der Waals surface area contributed by atoms with E-state index in [9.17, 15) is 23.1 Å². The van der Waals surface area contributed by atoms with Crippen molar-refractivity contribution >= 4 is 11.5 Å². The third kappa shape index (κ3) is 4.81. The van der Waals surface area contributed by atoms with Gasteiger partial charge in [0.15, 0.2) is 6.61 Å². The standard InChI is InChI=1S/C20H18F3NO3/c21-20(22,23)16-3-7-18(8-4-16)27-13-19(26)24-11-9-15(10-12-24)14-1-5-17(25)6-2-14/h1-9,25H,10-13H2. The van der Waals surface area contributed by atoms with Crippen LogP contribution in [0.25, 0.3) is 5.57 Å². The summed E-state index contributed by atoms with van der Waals surface area (Å²) in [6.45, 7) is 0.737. The molecule has 0 saturated heterocycles. The topological polar surface area (TPSA) is 49.8 Å². The van der Waals surface area contributed by atoms with E-state index in [4.69, 9.17) is 4.74 Å². The lowest BCUT2D eigenvalue weighted by Gasteiger charge is -2.26. The first-order valence-corrected chi connectivity index (χ1v) is 8.39. The molecule has 4 nitrogen and oxygen atoms in total. The van der Waals surface area contributed by atoms with Crippen LogP contribution in [0.1, 0.15) is 17.5 Å². The molecule has 7 heteroatoms. The first-order valence-electron chi connectivity index (χ1n) is 8.39. The summed E-state index contributed by atoms with van der Waals surface area (Å²) in [7, 11) is 0. The van der Waals surface area contributed by atoms with Crippen LogP contribution in [0.2, 0.25) is 0 Å². The summed E-state index contributed by atoms with van der Waals surface area (Å²) in [6, 6.07) is 11.1. The number of phenolic OH excluding ortho intramolecular Hbond substituents is 1. The molecule has 142 valence electrons. The number of nitrogens with zero attached hydrogens (tertiary/aromatic N) is 1. The van der Waals surface area contributed by atoms with Gasteiger partial charge >= 0.3 is 6.18 Å². The van der Waals surface area contributed by atoms with E-state index in [0.29, 0.717) is 19.5 Å². The molecule has 0 aromatic heterocycles. The van der Waals surface area contributed by atoms with Gasteiger partial charge in [-0.1, -0.05) is 18.2 Å². The van der Waals surface area contributed by atoms with Crippen LogP contribution in [0.15, 0.2) is 54.6 Å². The highest BCUT2D eigenvalue weighted by atomic mass is 19.4. The van der Waals surface area contributed by atoms with Crippen molar-refractivity contribution in [3.8, 4) is 11.5 Å². The molecule has 27 heavy (non-hydrogen) atoms. The Kier molecular flexibility index (Phi) is 5.39. The minimum Gasteiger partial charge on any atom is -0.508 e. The zero-order valence-electron chi connectivity index (χ0n) is 14.4. The van der Waals surface area contributed by atoms with E-state index in [-0.39, 0.29) is 24.0 Å². The maximum absolute atomic E-state index is 12.5. The highest BCUT2D eigenvalue weighted by Crippen LogP contribution is 2.30. The normalized spacial score (nSPS) is 14.6. The van der Waals surface area contributed by atoms with Crippen molar-refractivity contribution in [2.75, 3.05) is 19.7 Å². The third-order valence-corrected chi connectivity index (χ3v) is 4.34. The van der Waals surface area contributed by atoms with Gasteiger partial charge < -0.3 is 14.7 Å². The Bertz CT molecular complexity index is 827. The smallest absolute Gasteiger partial charge is 0.416 e. The molecule has 0 saturated carbocycles. The molecule has 3 rings (SSSR count). The number of benzene rings is 2. The summed E-state index contributed by atoms with van der Waals surface area (Å²) in [5, 5.41) is 9.34. The zero-order valence-corrected chi connectivity index (χ0v) is 14.4. The highest BCUT2D eigenvalue weighted by Gasteiger charge is 2.30. The van der Waals surface area contributed by atoms with Crippen LogP contribution in [-0.2, 0) is 11.0 Å². The second-order valence-electron chi connectivity index (χ2n) is 6.18. The quantitative estimate of drug-likeness (QED) is 0.873. The van der Waals surface area contributed by atoms with Crippen LogP contribution in [0.5, 0.6) is 11.5 Å². The Labute approximate surface area is 154 Å². The number of amides is 1. The Balaban J connectivity index is 1.53. The van der Waals surface area contributed by atoms with Gasteiger partial charge in [-0.2, -0.15) is 13.2 Å². The molecule has 2 aromatic carbocycles. The van der Waals surface area contributed by atoms with E-state index in [1.807, 2.05) is 18.2 Å². The van der Waals surface area contributed by atoms with E-state index in [0.717, 1.165) is 23.3 Å². The molecule has 0 bridgehead atoms. The van der Waals surface area contributed by atoms with E-state index in [2.05, 4.69) is 0 Å². The summed E-state index contributed by atoms with van der Waals surface area (Å²) >= 11 is 0. The van der Waals surface area contributed by atoms with Crippen molar-refractivity contribution in [3.05, 3.63) is 65.7 Å². The van der Waals surface area contributed by atoms with Crippen molar-refractivity contribution in [3.63, 3.8) is 0 Å². The van der Waals surface area contributed by atoms with Gasteiger partial charge in [-0.05, 0) is 54.0 Å². The highest BCUT2D eigenvalue weighted by molar-refractivity contribution is 5.79. The van der Waals surface area contributed by atoms with Crippen LogP contribution in [0.3, 0.4) is 0 Å². The first kappa shape index (κ1) is 18.8. The van der Waals surface area contributed by atoms with Gasteiger partial charge in [0, 0.05) is 13.1 Å². The maximum Gasteiger partial charge on any atom is 0.416 e. The fourth-order valence-corrected chi connectivity index (χ4v) is 2.81. The molecule has 0 radical (unpaired) electrons. The van der Waals surface area contributed by atoms with Gasteiger partial charge in [0.2, 0.25) is 0 Å². The Morgan fingerprint density at radius 2 is 1.74 bits per heavy atom. The first-order chi connectivity index (χ1) is 12.8. The molecular weight excluding hydrogens is 359 g/mol. The molecule has 0 spiro atoms. The number of phenols is 1. The van der Waals surface area contributed by atoms with Gasteiger partial charge in [0.25, 0.3) is 5.91 Å². The monoisotopic (exact) mass is 377 g/mol. The predicted octanol–water partition coefficient (Wildman–Crippen LogP) is 4.11. The lowest BCUT2D eigenvalue weighted by molar-refractivity contribution is -0.137. The summed E-state index contributed by atoms with van der Waals surface area (Å²) < 4.78 is 42.9. The number of carbonyl (C=O) groups is 1. The van der Waals surface area contributed by atoms with Crippen LogP contribution < -0.4 is 4.74 Å². The van der Waals surface area contributed by atoms with Gasteiger partial charge in [-0.15, -0.1) is 0 Å². The third-order valence-electron chi connectivity index (χ3n) is 4.34. The van der Waals surface area contributed by atoms with Gasteiger partial charge in [-0.3, -0.25) is 4.79 Å². The molecule has 1 aliphatic rings. The zero-order chi connectivity index (χ0) is 19.4. The number of aromatic hydroxyl groups is 1. The number of hydrogen-bond donors (Lipinski definition) is 1. The number of alkyl halides is 3. The average molecular weight is 377 g/mol. The number of rotatable bonds is 4. The SMILES string of the molecule is O=C(COc1ccc(C(F)(F)F)cc1)N1CC=C(c2ccc(O)cc2)CC1. The number of ether oxygens (including phenoxy) is 1. The second-order valence-corrected chi connectivity index (χ2v) is 6.18. The molecule has 0 atom stereocenters. The van der Waals surface area contributed by atoms with Crippen molar-refractivity contribution in [2.24, 2.45) is 0 Å². The molecule has 0 fully saturated rings. The van der Waals surface area contributed by atoms with Crippen LogP contribution in [0, 0.1) is 0 Å². The summed E-state index contributed by atoms with van der Waals surface area (Å²) in [5.74, 6) is 0.192. The van der Waals surface area contributed by atoms with E-state index < -0.39 is 11.7 Å². The predicted molar refractivity (Wildman–Crippen MR) is 94.2 cm³/mol. The van der Waals surface area contributed by atoms with Gasteiger partial charge in [-0.25, -0.2) is 0 Å². The lowest BCUT2D eigenvalue weighted by Crippen LogP contribution is -2.37. The molecular formula is C20H18F3NO3. The van der Waals surface area contributed by atoms with Crippen LogP contribution >= 0.6 is 0 Å². The minimum absolute atomic E-state index is 0.201. The molecule has 0 aliphatic carbocycles. The number of carbonyl (C=O) groups excluding carboxylic acids is 1. The van der Waals surface area contributed by atoms with E-state index in [1.54, 1.807) is 17.0 Å². The van der Waals surface area contributed by atoms with Gasteiger partial charge in [0.1, 0.15) is 11.5 Å². The Morgan fingerprint density at radius 3 is 2.30 bits per heavy atom. The van der Waals surface area contributed by atoms with Crippen LogP contribution in [-0.4, -0.2) is 35.6 Å². The fraction of sp³-hybridized carbons (Fsp3) is 0.250. The molecule has 1 amide bonds. The van der Waals surface area contributed by atoms with Crippen LogP contribution in [0.4, 0.5) is 13.2 Å². The molecule has 1 heterocycles. The van der Waals surface area contributed by atoms with E-state index in [1.165, 1.54) is 12.1 Å². The molecule has 0 unspecified atom stereocenters. The van der Waals surface area contributed by atoms with E-state index >= 15 is 0 Å². The summed E-state index contributed by atoms with van der Waals surface area (Å²) in [4.78, 5) is 13.9. The molecule has 1 N–H and O–H groups in total. The summed E-state index contributed by atoms with van der Waals surface area (Å²) in [5.41, 5.74) is 1.34. The van der Waals surface area contributed by atoms with Crippen molar-refractivity contribution in [1.29, 1.82) is 0 Å². The Morgan fingerprint density at radius 1 is 1.07 bits per heavy atom. The van der Waals surface area contributed by atoms with Gasteiger partial charge in [0.05, 0.1) is 5.56 Å². The largest absolute Gasteiger partial charge is 0.508 e. The minimum atomic E-state index is -4.40. The molecule has 2 aromatic rings. The number of halogens is 3. The molecule has 1 aliphatic heterocycles. The average Bonchev–Trinajstić information content (AvgIpc) is 2.66. The summed E-state index contributed by atoms with van der Waals surface area (Å²) in [6.07, 6.45) is -1.77. The Hall–Kier alpha value is -2.96. The van der Waals surface area contributed by atoms with Crippen molar-refractivity contribution in [1.82, 2.24) is 4.90 Å². The van der Waals surface area contributed by atoms with Crippen molar-refractivity contribution in [2.45, 2.75) is 12.6 Å². The lowest BCUT2D eigenvalue weighted by atomic mass is 9.99. The fourth-order valence-electron chi connectivity index (χ4n) is 2.81. The second kappa shape index (κ2) is 7.73. The maximum atomic E-state index is 12.5.